The van der Waals surface area contributed by atoms with E-state index in [1.165, 1.54) is 0 Å². The number of carboxylic acid groups (broad SMARTS) is 1. The largest absolute Gasteiger partial charge is 0.481 e. The molecule has 0 aromatic rings. The Balaban J connectivity index is 2.47. The topological polar surface area (TPSA) is 57.5 Å². The Morgan fingerprint density at radius 2 is 2.30 bits per heavy atom. The molecule has 3 nitrogen and oxygen atoms in total. The van der Waals surface area contributed by atoms with E-state index in [2.05, 4.69) is 0 Å². The van der Waals surface area contributed by atoms with Crippen molar-refractivity contribution in [2.24, 2.45) is 5.92 Å². The van der Waals surface area contributed by atoms with Gasteiger partial charge in [-0.3, -0.25) is 4.79 Å². The Morgan fingerprint density at radius 3 is 2.70 bits per heavy atom. The number of rotatable bonds is 1. The van der Waals surface area contributed by atoms with Crippen LogP contribution < -0.4 is 0 Å². The highest BCUT2D eigenvalue weighted by molar-refractivity contribution is 7.99. The van der Waals surface area contributed by atoms with E-state index in [1.807, 2.05) is 0 Å². The summed E-state index contributed by atoms with van der Waals surface area (Å²) in [4.78, 5) is 10.4. The molecule has 0 aromatic heterocycles. The van der Waals surface area contributed by atoms with Crippen LogP contribution in [-0.2, 0) is 4.79 Å². The lowest BCUT2D eigenvalue weighted by molar-refractivity contribution is -0.144. The van der Waals surface area contributed by atoms with Gasteiger partial charge in [0.15, 0.2) is 0 Å². The minimum atomic E-state index is -0.875. The zero-order valence-electron chi connectivity index (χ0n) is 5.49. The number of aliphatic hydroxyl groups excluding tert-OH is 1. The van der Waals surface area contributed by atoms with Crippen LogP contribution in [0, 0.1) is 5.92 Å². The van der Waals surface area contributed by atoms with Crippen molar-refractivity contribution in [2.75, 3.05) is 11.5 Å². The van der Waals surface area contributed by atoms with Gasteiger partial charge >= 0.3 is 5.97 Å². The Morgan fingerprint density at radius 1 is 1.60 bits per heavy atom. The van der Waals surface area contributed by atoms with E-state index in [1.54, 1.807) is 11.8 Å². The third-order valence-corrected chi connectivity index (χ3v) is 2.76. The second-order valence-corrected chi connectivity index (χ2v) is 3.53. The first-order valence-corrected chi connectivity index (χ1v) is 4.36. The van der Waals surface area contributed by atoms with E-state index >= 15 is 0 Å². The van der Waals surface area contributed by atoms with Gasteiger partial charge < -0.3 is 10.2 Å². The van der Waals surface area contributed by atoms with Crippen LogP contribution in [0.1, 0.15) is 6.42 Å². The number of carboxylic acids is 1. The molecule has 1 aliphatic heterocycles. The highest BCUT2D eigenvalue weighted by Crippen LogP contribution is 2.22. The van der Waals surface area contributed by atoms with Crippen LogP contribution in [0.3, 0.4) is 0 Å². The first-order chi connectivity index (χ1) is 4.72. The van der Waals surface area contributed by atoms with E-state index < -0.39 is 18.0 Å². The molecule has 0 saturated carbocycles. The maximum absolute atomic E-state index is 10.4. The monoisotopic (exact) mass is 162 g/mol. The molecule has 0 radical (unpaired) electrons. The van der Waals surface area contributed by atoms with Gasteiger partial charge in [-0.2, -0.15) is 11.8 Å². The molecule has 0 amide bonds. The molecular weight excluding hydrogens is 152 g/mol. The summed E-state index contributed by atoms with van der Waals surface area (Å²) in [7, 11) is 0. The number of hydrogen-bond donors (Lipinski definition) is 2. The predicted molar refractivity (Wildman–Crippen MR) is 39.1 cm³/mol. The number of aliphatic carboxylic acids is 1. The molecule has 0 aromatic carbocycles. The average Bonchev–Trinajstić information content (AvgIpc) is 1.88. The Bertz CT molecular complexity index is 137. The molecule has 4 heteroatoms. The van der Waals surface area contributed by atoms with Crippen LogP contribution in [0.5, 0.6) is 0 Å². The molecule has 1 saturated heterocycles. The fourth-order valence-electron chi connectivity index (χ4n) is 0.963. The molecule has 1 fully saturated rings. The van der Waals surface area contributed by atoms with Crippen molar-refractivity contribution >= 4 is 17.7 Å². The molecule has 0 unspecified atom stereocenters. The molecule has 10 heavy (non-hydrogen) atoms. The number of thioether (sulfide) groups is 1. The Kier molecular flexibility index (Phi) is 2.56. The van der Waals surface area contributed by atoms with Gasteiger partial charge in [-0.05, 0) is 12.2 Å². The summed E-state index contributed by atoms with van der Waals surface area (Å²) >= 11 is 1.59. The van der Waals surface area contributed by atoms with E-state index in [4.69, 9.17) is 10.2 Å². The predicted octanol–water partition coefficient (Wildman–Crippen LogP) is 0.185. The van der Waals surface area contributed by atoms with Crippen molar-refractivity contribution in [3.63, 3.8) is 0 Å². The fraction of sp³-hybridized carbons (Fsp3) is 0.833. The first kappa shape index (κ1) is 7.88. The summed E-state index contributed by atoms with van der Waals surface area (Å²) in [6.45, 7) is 0. The SMILES string of the molecule is O=C(O)[C@H]1CSCC[C@H]1O. The highest BCUT2D eigenvalue weighted by atomic mass is 32.2. The fourth-order valence-corrected chi connectivity index (χ4v) is 2.16. The zero-order valence-corrected chi connectivity index (χ0v) is 6.30. The zero-order chi connectivity index (χ0) is 7.56. The lowest BCUT2D eigenvalue weighted by Crippen LogP contribution is -2.33. The van der Waals surface area contributed by atoms with E-state index in [9.17, 15) is 4.79 Å². The van der Waals surface area contributed by atoms with Crippen molar-refractivity contribution in [2.45, 2.75) is 12.5 Å². The van der Waals surface area contributed by atoms with Gasteiger partial charge in [-0.15, -0.1) is 0 Å². The summed E-state index contributed by atoms with van der Waals surface area (Å²) in [5.41, 5.74) is 0. The van der Waals surface area contributed by atoms with E-state index in [0.29, 0.717) is 12.2 Å². The molecule has 0 aliphatic carbocycles. The molecule has 1 heterocycles. The van der Waals surface area contributed by atoms with E-state index in [-0.39, 0.29) is 0 Å². The number of hydrogen-bond acceptors (Lipinski definition) is 3. The van der Waals surface area contributed by atoms with Gasteiger partial charge in [0.25, 0.3) is 0 Å². The molecule has 1 aliphatic rings. The summed E-state index contributed by atoms with van der Waals surface area (Å²) in [5.74, 6) is 0.0139. The third kappa shape index (κ3) is 1.64. The van der Waals surface area contributed by atoms with Crippen molar-refractivity contribution in [1.29, 1.82) is 0 Å². The maximum atomic E-state index is 10.4. The van der Waals surface area contributed by atoms with Gasteiger partial charge in [0.2, 0.25) is 0 Å². The average molecular weight is 162 g/mol. The molecule has 1 rings (SSSR count). The Hall–Kier alpha value is -0.220. The highest BCUT2D eigenvalue weighted by Gasteiger charge is 2.29. The van der Waals surface area contributed by atoms with Crippen LogP contribution in [0.2, 0.25) is 0 Å². The summed E-state index contributed by atoms with van der Waals surface area (Å²) < 4.78 is 0. The molecule has 0 spiro atoms. The second kappa shape index (κ2) is 3.25. The van der Waals surface area contributed by atoms with Gasteiger partial charge in [0.05, 0.1) is 12.0 Å². The van der Waals surface area contributed by atoms with Gasteiger partial charge in [-0.25, -0.2) is 0 Å². The molecule has 58 valence electrons. The molecule has 2 N–H and O–H groups in total. The van der Waals surface area contributed by atoms with Crippen LogP contribution >= 0.6 is 11.8 Å². The van der Waals surface area contributed by atoms with E-state index in [0.717, 1.165) is 5.75 Å². The lowest BCUT2D eigenvalue weighted by Gasteiger charge is -2.23. The minimum absolute atomic E-state index is 0.543. The summed E-state index contributed by atoms with van der Waals surface area (Å²) in [6, 6.07) is 0. The maximum Gasteiger partial charge on any atom is 0.309 e. The van der Waals surface area contributed by atoms with Crippen molar-refractivity contribution in [1.82, 2.24) is 0 Å². The molecular formula is C6H10O3S. The lowest BCUT2D eigenvalue weighted by atomic mass is 10.0. The number of aliphatic hydroxyl groups is 1. The van der Waals surface area contributed by atoms with Crippen LogP contribution in [0.25, 0.3) is 0 Å². The first-order valence-electron chi connectivity index (χ1n) is 3.20. The smallest absolute Gasteiger partial charge is 0.309 e. The molecule has 0 bridgehead atoms. The normalized spacial score (nSPS) is 33.7. The third-order valence-electron chi connectivity index (χ3n) is 1.64. The van der Waals surface area contributed by atoms with Crippen LogP contribution in [0.15, 0.2) is 0 Å². The van der Waals surface area contributed by atoms with Gasteiger partial charge in [-0.1, -0.05) is 0 Å². The minimum Gasteiger partial charge on any atom is -0.481 e. The number of carbonyl (C=O) groups is 1. The second-order valence-electron chi connectivity index (χ2n) is 2.38. The quantitative estimate of drug-likeness (QED) is 0.577. The summed E-state index contributed by atoms with van der Waals surface area (Å²) in [5, 5.41) is 17.7. The van der Waals surface area contributed by atoms with Crippen LogP contribution in [0.4, 0.5) is 0 Å². The standard InChI is InChI=1S/C6H10O3S/c7-5-1-2-10-3-4(5)6(8)9/h4-5,7H,1-3H2,(H,8,9)/t4-,5+/m0/s1. The Labute approximate surface area is 63.4 Å². The van der Waals surface area contributed by atoms with Gasteiger partial charge in [0.1, 0.15) is 0 Å². The van der Waals surface area contributed by atoms with Crippen molar-refractivity contribution in [3.05, 3.63) is 0 Å². The van der Waals surface area contributed by atoms with Crippen molar-refractivity contribution < 1.29 is 15.0 Å². The molecule has 2 atom stereocenters. The van der Waals surface area contributed by atoms with Crippen LogP contribution in [-0.4, -0.2) is 33.8 Å². The summed E-state index contributed by atoms with van der Waals surface area (Å²) in [6.07, 6.45) is -0.0134. The van der Waals surface area contributed by atoms with Crippen molar-refractivity contribution in [3.8, 4) is 0 Å². The van der Waals surface area contributed by atoms with Gasteiger partial charge in [0, 0.05) is 5.75 Å².